The van der Waals surface area contributed by atoms with E-state index in [0.717, 1.165) is 35.8 Å². The van der Waals surface area contributed by atoms with Gasteiger partial charge < -0.3 is 5.32 Å². The molecule has 17 heavy (non-hydrogen) atoms. The van der Waals surface area contributed by atoms with E-state index in [1.165, 1.54) is 5.56 Å². The lowest BCUT2D eigenvalue weighted by Crippen LogP contribution is -2.13. The van der Waals surface area contributed by atoms with Gasteiger partial charge in [0.2, 0.25) is 0 Å². The Balaban J connectivity index is 2.10. The lowest BCUT2D eigenvalue weighted by molar-refractivity contribution is 0.667. The number of aryl methyl sites for hydroxylation is 1. The summed E-state index contributed by atoms with van der Waals surface area (Å²) in [5, 5.41) is 6.53. The molecular formula is C13H17N3S. The van der Waals surface area contributed by atoms with Crippen molar-refractivity contribution < 1.29 is 0 Å². The Bertz CT molecular complexity index is 479. The molecule has 0 bridgehead atoms. The summed E-state index contributed by atoms with van der Waals surface area (Å²) in [6, 6.07) is 2.02. The van der Waals surface area contributed by atoms with Crippen LogP contribution in [0.2, 0.25) is 0 Å². The molecule has 0 fully saturated rings. The van der Waals surface area contributed by atoms with E-state index in [9.17, 15) is 0 Å². The second-order valence-electron chi connectivity index (χ2n) is 4.01. The molecule has 0 unspecified atom stereocenters. The van der Waals surface area contributed by atoms with Crippen molar-refractivity contribution in [2.45, 2.75) is 26.8 Å². The van der Waals surface area contributed by atoms with Crippen LogP contribution in [0.4, 0.5) is 0 Å². The third kappa shape index (κ3) is 3.11. The first-order valence-electron chi connectivity index (χ1n) is 5.87. The monoisotopic (exact) mass is 247 g/mol. The molecule has 0 amide bonds. The second-order valence-corrected chi connectivity index (χ2v) is 4.87. The van der Waals surface area contributed by atoms with Crippen LogP contribution in [0.5, 0.6) is 0 Å². The summed E-state index contributed by atoms with van der Waals surface area (Å²) in [5.41, 5.74) is 3.48. The SMILES string of the molecule is CCCNCc1csc(-c2cnccc2C)n1. The lowest BCUT2D eigenvalue weighted by Gasteiger charge is -2.00. The standard InChI is InChI=1S/C13H17N3S/c1-3-5-14-7-11-9-17-13(16-11)12-8-15-6-4-10(12)2/h4,6,8-9,14H,3,5,7H2,1-2H3. The lowest BCUT2D eigenvalue weighted by atomic mass is 10.2. The number of hydrogen-bond donors (Lipinski definition) is 1. The van der Waals surface area contributed by atoms with Crippen molar-refractivity contribution in [3.05, 3.63) is 35.1 Å². The Kier molecular flexibility index (Phi) is 4.23. The zero-order valence-corrected chi connectivity index (χ0v) is 11.0. The van der Waals surface area contributed by atoms with E-state index in [-0.39, 0.29) is 0 Å². The van der Waals surface area contributed by atoms with Crippen LogP contribution in [0.25, 0.3) is 10.6 Å². The fraction of sp³-hybridized carbons (Fsp3) is 0.385. The average Bonchev–Trinajstić information content (AvgIpc) is 2.79. The summed E-state index contributed by atoms with van der Waals surface area (Å²) in [7, 11) is 0. The fourth-order valence-corrected chi connectivity index (χ4v) is 2.49. The summed E-state index contributed by atoms with van der Waals surface area (Å²) in [4.78, 5) is 8.79. The number of aromatic nitrogens is 2. The fourth-order valence-electron chi connectivity index (χ4n) is 1.59. The summed E-state index contributed by atoms with van der Waals surface area (Å²) in [6.45, 7) is 6.15. The molecule has 2 aromatic heterocycles. The van der Waals surface area contributed by atoms with Gasteiger partial charge in [-0.3, -0.25) is 4.98 Å². The summed E-state index contributed by atoms with van der Waals surface area (Å²) < 4.78 is 0. The molecule has 0 aliphatic rings. The molecule has 1 N–H and O–H groups in total. The van der Waals surface area contributed by atoms with Gasteiger partial charge in [-0.15, -0.1) is 11.3 Å². The molecule has 2 heterocycles. The van der Waals surface area contributed by atoms with Crippen LogP contribution in [-0.4, -0.2) is 16.5 Å². The van der Waals surface area contributed by atoms with Gasteiger partial charge in [-0.05, 0) is 31.5 Å². The van der Waals surface area contributed by atoms with E-state index in [4.69, 9.17) is 0 Å². The van der Waals surface area contributed by atoms with Crippen molar-refractivity contribution in [3.8, 4) is 10.6 Å². The van der Waals surface area contributed by atoms with Crippen LogP contribution in [-0.2, 0) is 6.54 Å². The highest BCUT2D eigenvalue weighted by Gasteiger charge is 2.06. The molecule has 0 radical (unpaired) electrons. The van der Waals surface area contributed by atoms with E-state index >= 15 is 0 Å². The Labute approximate surface area is 106 Å². The molecule has 0 saturated carbocycles. The van der Waals surface area contributed by atoms with Crippen LogP contribution in [0.1, 0.15) is 24.6 Å². The summed E-state index contributed by atoms with van der Waals surface area (Å²) >= 11 is 1.68. The predicted octanol–water partition coefficient (Wildman–Crippen LogP) is 3.01. The van der Waals surface area contributed by atoms with Gasteiger partial charge in [0.15, 0.2) is 0 Å². The zero-order chi connectivity index (χ0) is 12.1. The van der Waals surface area contributed by atoms with Gasteiger partial charge in [-0.1, -0.05) is 6.92 Å². The van der Waals surface area contributed by atoms with Crippen LogP contribution in [0, 0.1) is 6.92 Å². The van der Waals surface area contributed by atoms with E-state index in [1.807, 2.05) is 18.5 Å². The highest BCUT2D eigenvalue weighted by molar-refractivity contribution is 7.13. The molecule has 2 aromatic rings. The molecule has 0 saturated heterocycles. The molecule has 0 atom stereocenters. The summed E-state index contributed by atoms with van der Waals surface area (Å²) in [5.74, 6) is 0. The van der Waals surface area contributed by atoms with Crippen molar-refractivity contribution in [2.75, 3.05) is 6.54 Å². The van der Waals surface area contributed by atoms with Crippen LogP contribution in [0.15, 0.2) is 23.8 Å². The molecular weight excluding hydrogens is 230 g/mol. The van der Waals surface area contributed by atoms with E-state index in [1.54, 1.807) is 11.3 Å². The Morgan fingerprint density at radius 3 is 3.06 bits per heavy atom. The molecule has 2 rings (SSSR count). The smallest absolute Gasteiger partial charge is 0.125 e. The first-order chi connectivity index (χ1) is 8.31. The van der Waals surface area contributed by atoms with Crippen molar-refractivity contribution >= 4 is 11.3 Å². The molecule has 4 heteroatoms. The third-order valence-corrected chi connectivity index (χ3v) is 3.48. The number of hydrogen-bond acceptors (Lipinski definition) is 4. The molecule has 90 valence electrons. The van der Waals surface area contributed by atoms with E-state index < -0.39 is 0 Å². The highest BCUT2D eigenvalue weighted by atomic mass is 32.1. The zero-order valence-electron chi connectivity index (χ0n) is 10.2. The van der Waals surface area contributed by atoms with Gasteiger partial charge in [-0.25, -0.2) is 4.98 Å². The average molecular weight is 247 g/mol. The normalized spacial score (nSPS) is 10.7. The number of thiazole rings is 1. The van der Waals surface area contributed by atoms with Crippen LogP contribution in [0.3, 0.4) is 0 Å². The first-order valence-corrected chi connectivity index (χ1v) is 6.75. The highest BCUT2D eigenvalue weighted by Crippen LogP contribution is 2.25. The van der Waals surface area contributed by atoms with Crippen LogP contribution >= 0.6 is 11.3 Å². The number of rotatable bonds is 5. The Morgan fingerprint density at radius 1 is 1.41 bits per heavy atom. The maximum absolute atomic E-state index is 4.63. The molecule has 0 aromatic carbocycles. The molecule has 3 nitrogen and oxygen atoms in total. The number of nitrogens with one attached hydrogen (secondary N) is 1. The Morgan fingerprint density at radius 2 is 2.29 bits per heavy atom. The molecule has 0 aliphatic heterocycles. The largest absolute Gasteiger partial charge is 0.311 e. The van der Waals surface area contributed by atoms with E-state index in [0.29, 0.717) is 0 Å². The second kappa shape index (κ2) is 5.89. The van der Waals surface area contributed by atoms with E-state index in [2.05, 4.69) is 34.5 Å². The van der Waals surface area contributed by atoms with Crippen molar-refractivity contribution in [1.82, 2.24) is 15.3 Å². The number of pyridine rings is 1. The molecule has 0 aliphatic carbocycles. The van der Waals surface area contributed by atoms with Gasteiger partial charge in [-0.2, -0.15) is 0 Å². The molecule has 0 spiro atoms. The minimum absolute atomic E-state index is 0.851. The topological polar surface area (TPSA) is 37.8 Å². The minimum Gasteiger partial charge on any atom is -0.311 e. The van der Waals surface area contributed by atoms with Crippen molar-refractivity contribution in [1.29, 1.82) is 0 Å². The van der Waals surface area contributed by atoms with Gasteiger partial charge in [0.1, 0.15) is 5.01 Å². The van der Waals surface area contributed by atoms with Crippen molar-refractivity contribution in [3.63, 3.8) is 0 Å². The Hall–Kier alpha value is -1.26. The maximum atomic E-state index is 4.63. The van der Waals surface area contributed by atoms with Gasteiger partial charge in [0, 0.05) is 29.9 Å². The van der Waals surface area contributed by atoms with Crippen molar-refractivity contribution in [2.24, 2.45) is 0 Å². The van der Waals surface area contributed by atoms with Crippen LogP contribution < -0.4 is 5.32 Å². The third-order valence-electron chi connectivity index (χ3n) is 2.55. The maximum Gasteiger partial charge on any atom is 0.125 e. The summed E-state index contributed by atoms with van der Waals surface area (Å²) in [6.07, 6.45) is 4.85. The first kappa shape index (κ1) is 12.2. The van der Waals surface area contributed by atoms with Gasteiger partial charge in [0.25, 0.3) is 0 Å². The quantitative estimate of drug-likeness (QED) is 0.825. The minimum atomic E-state index is 0.851. The predicted molar refractivity (Wildman–Crippen MR) is 72.1 cm³/mol. The van der Waals surface area contributed by atoms with Gasteiger partial charge >= 0.3 is 0 Å². The van der Waals surface area contributed by atoms with Gasteiger partial charge in [0.05, 0.1) is 5.69 Å². The number of nitrogens with zero attached hydrogens (tertiary/aromatic N) is 2.